The second-order valence-corrected chi connectivity index (χ2v) is 6.16. The highest BCUT2D eigenvalue weighted by Crippen LogP contribution is 2.16. The molecule has 3 aromatic rings. The maximum atomic E-state index is 12.4. The number of ether oxygens (including phenoxy) is 1. The lowest BCUT2D eigenvalue weighted by atomic mass is 10.1. The Hall–Kier alpha value is -3.60. The number of amides is 2. The molecule has 142 valence electrons. The van der Waals surface area contributed by atoms with Gasteiger partial charge in [-0.25, -0.2) is 0 Å². The molecule has 0 aromatic heterocycles. The van der Waals surface area contributed by atoms with E-state index in [9.17, 15) is 9.59 Å². The highest BCUT2D eigenvalue weighted by molar-refractivity contribution is 6.05. The molecule has 3 aromatic carbocycles. The summed E-state index contributed by atoms with van der Waals surface area (Å²) in [5.74, 6) is 0.342. The molecule has 0 radical (unpaired) electrons. The zero-order valence-corrected chi connectivity index (χ0v) is 15.6. The molecule has 0 aliphatic rings. The van der Waals surface area contributed by atoms with E-state index in [2.05, 4.69) is 10.6 Å². The topological polar surface area (TPSA) is 67.4 Å². The molecular weight excluding hydrogens is 352 g/mol. The fourth-order valence-electron chi connectivity index (χ4n) is 2.66. The number of benzene rings is 3. The molecule has 0 unspecified atom stereocenters. The molecule has 0 saturated carbocycles. The van der Waals surface area contributed by atoms with E-state index in [0.717, 1.165) is 11.3 Å². The Kier molecular flexibility index (Phi) is 6.41. The molecule has 0 atom stereocenters. The molecule has 2 amide bonds. The third-order valence-electron chi connectivity index (χ3n) is 4.13. The molecular formula is C23H22N2O3. The quantitative estimate of drug-likeness (QED) is 0.649. The number of hydrogen-bond donors (Lipinski definition) is 2. The lowest BCUT2D eigenvalue weighted by Crippen LogP contribution is -2.22. The van der Waals surface area contributed by atoms with Gasteiger partial charge in [-0.3, -0.25) is 9.59 Å². The fraction of sp³-hybridized carbons (Fsp3) is 0.130. The van der Waals surface area contributed by atoms with Crippen molar-refractivity contribution in [1.29, 1.82) is 0 Å². The van der Waals surface area contributed by atoms with Crippen LogP contribution in [0.4, 0.5) is 5.69 Å². The Balaban J connectivity index is 1.56. The molecule has 2 N–H and O–H groups in total. The number of nitrogens with one attached hydrogen (secondary N) is 2. The molecule has 0 aliphatic heterocycles. The van der Waals surface area contributed by atoms with Crippen molar-refractivity contribution in [3.8, 4) is 5.75 Å². The first kappa shape index (κ1) is 19.2. The summed E-state index contributed by atoms with van der Waals surface area (Å²) in [5, 5.41) is 5.70. The summed E-state index contributed by atoms with van der Waals surface area (Å²) in [7, 11) is 0. The van der Waals surface area contributed by atoms with Gasteiger partial charge in [-0.05, 0) is 61.0 Å². The predicted octanol–water partition coefficient (Wildman–Crippen LogP) is 4.27. The summed E-state index contributed by atoms with van der Waals surface area (Å²) in [6.45, 7) is 2.97. The van der Waals surface area contributed by atoms with E-state index in [4.69, 9.17) is 4.74 Å². The van der Waals surface area contributed by atoms with Gasteiger partial charge in [0.05, 0.1) is 6.61 Å². The van der Waals surface area contributed by atoms with Gasteiger partial charge >= 0.3 is 0 Å². The van der Waals surface area contributed by atoms with Crippen molar-refractivity contribution in [1.82, 2.24) is 5.32 Å². The van der Waals surface area contributed by atoms with Crippen LogP contribution in [-0.2, 0) is 6.54 Å². The molecule has 3 rings (SSSR count). The van der Waals surface area contributed by atoms with Gasteiger partial charge in [0.25, 0.3) is 11.8 Å². The van der Waals surface area contributed by atoms with Crippen LogP contribution in [0, 0.1) is 0 Å². The minimum atomic E-state index is -0.236. The smallest absolute Gasteiger partial charge is 0.255 e. The molecule has 5 nitrogen and oxygen atoms in total. The van der Waals surface area contributed by atoms with E-state index in [0.29, 0.717) is 30.0 Å². The summed E-state index contributed by atoms with van der Waals surface area (Å²) in [4.78, 5) is 24.6. The van der Waals surface area contributed by atoms with Gasteiger partial charge in [-0.15, -0.1) is 0 Å². The Bertz CT molecular complexity index is 920. The van der Waals surface area contributed by atoms with Crippen LogP contribution in [0.25, 0.3) is 0 Å². The van der Waals surface area contributed by atoms with Crippen molar-refractivity contribution < 1.29 is 14.3 Å². The van der Waals surface area contributed by atoms with Crippen LogP contribution in [0.15, 0.2) is 78.9 Å². The monoisotopic (exact) mass is 374 g/mol. The second kappa shape index (κ2) is 9.37. The van der Waals surface area contributed by atoms with Gasteiger partial charge in [-0.1, -0.05) is 30.3 Å². The van der Waals surface area contributed by atoms with Gasteiger partial charge < -0.3 is 15.4 Å². The third kappa shape index (κ3) is 5.20. The van der Waals surface area contributed by atoms with Crippen LogP contribution in [0.2, 0.25) is 0 Å². The van der Waals surface area contributed by atoms with Crippen LogP contribution in [0.1, 0.15) is 33.2 Å². The summed E-state index contributed by atoms with van der Waals surface area (Å²) in [5.41, 5.74) is 2.70. The van der Waals surface area contributed by atoms with E-state index >= 15 is 0 Å². The van der Waals surface area contributed by atoms with Crippen LogP contribution in [-0.4, -0.2) is 18.4 Å². The summed E-state index contributed by atoms with van der Waals surface area (Å²) >= 11 is 0. The standard InChI is InChI=1S/C23H22N2O3/c1-2-28-21-14-12-20(13-15-21)25-23(27)19-10-8-18(9-11-19)22(26)24-16-17-6-4-3-5-7-17/h3-15H,2,16H2,1H3,(H,24,26)(H,25,27). The van der Waals surface area contributed by atoms with Crippen LogP contribution >= 0.6 is 0 Å². The van der Waals surface area contributed by atoms with Gasteiger partial charge in [0.1, 0.15) is 5.75 Å². The number of hydrogen-bond acceptors (Lipinski definition) is 3. The second-order valence-electron chi connectivity index (χ2n) is 6.16. The maximum absolute atomic E-state index is 12.4. The summed E-state index contributed by atoms with van der Waals surface area (Å²) in [6.07, 6.45) is 0. The van der Waals surface area contributed by atoms with E-state index in [-0.39, 0.29) is 11.8 Å². The van der Waals surface area contributed by atoms with E-state index in [1.165, 1.54) is 0 Å². The minimum absolute atomic E-state index is 0.178. The van der Waals surface area contributed by atoms with Crippen molar-refractivity contribution in [3.63, 3.8) is 0 Å². The van der Waals surface area contributed by atoms with Crippen molar-refractivity contribution in [3.05, 3.63) is 95.6 Å². The Morgan fingerprint density at radius 1 is 0.786 bits per heavy atom. The molecule has 0 saturated heterocycles. The SMILES string of the molecule is CCOc1ccc(NC(=O)c2ccc(C(=O)NCc3ccccc3)cc2)cc1. The highest BCUT2D eigenvalue weighted by atomic mass is 16.5. The number of rotatable bonds is 7. The molecule has 0 fully saturated rings. The zero-order valence-electron chi connectivity index (χ0n) is 15.6. The predicted molar refractivity (Wildman–Crippen MR) is 110 cm³/mol. The van der Waals surface area contributed by atoms with Crippen molar-refractivity contribution in [2.45, 2.75) is 13.5 Å². The number of anilines is 1. The molecule has 0 bridgehead atoms. The van der Waals surface area contributed by atoms with E-state index in [1.807, 2.05) is 37.3 Å². The summed E-state index contributed by atoms with van der Waals surface area (Å²) in [6, 6.07) is 23.5. The lowest BCUT2D eigenvalue weighted by molar-refractivity contribution is 0.0949. The largest absolute Gasteiger partial charge is 0.494 e. The lowest BCUT2D eigenvalue weighted by Gasteiger charge is -2.08. The van der Waals surface area contributed by atoms with Crippen molar-refractivity contribution in [2.75, 3.05) is 11.9 Å². The van der Waals surface area contributed by atoms with Gasteiger partial charge in [0.15, 0.2) is 0 Å². The zero-order chi connectivity index (χ0) is 19.8. The van der Waals surface area contributed by atoms with Crippen LogP contribution in [0.3, 0.4) is 0 Å². The Labute approximate surface area is 164 Å². The van der Waals surface area contributed by atoms with Gasteiger partial charge in [0, 0.05) is 23.4 Å². The molecule has 28 heavy (non-hydrogen) atoms. The first-order valence-corrected chi connectivity index (χ1v) is 9.12. The Morgan fingerprint density at radius 3 is 2.00 bits per heavy atom. The average molecular weight is 374 g/mol. The van der Waals surface area contributed by atoms with Gasteiger partial charge in [-0.2, -0.15) is 0 Å². The number of carbonyl (C=O) groups is 2. The van der Waals surface area contributed by atoms with Crippen LogP contribution < -0.4 is 15.4 Å². The average Bonchev–Trinajstić information content (AvgIpc) is 2.74. The van der Waals surface area contributed by atoms with Crippen LogP contribution in [0.5, 0.6) is 5.75 Å². The van der Waals surface area contributed by atoms with E-state index in [1.54, 1.807) is 48.5 Å². The first-order valence-electron chi connectivity index (χ1n) is 9.12. The van der Waals surface area contributed by atoms with E-state index < -0.39 is 0 Å². The molecule has 0 aliphatic carbocycles. The Morgan fingerprint density at radius 2 is 1.39 bits per heavy atom. The number of carbonyl (C=O) groups excluding carboxylic acids is 2. The molecule has 5 heteroatoms. The fourth-order valence-corrected chi connectivity index (χ4v) is 2.66. The van der Waals surface area contributed by atoms with Crippen molar-refractivity contribution >= 4 is 17.5 Å². The first-order chi connectivity index (χ1) is 13.7. The van der Waals surface area contributed by atoms with Gasteiger partial charge in [0.2, 0.25) is 0 Å². The minimum Gasteiger partial charge on any atom is -0.494 e. The highest BCUT2D eigenvalue weighted by Gasteiger charge is 2.09. The summed E-state index contributed by atoms with van der Waals surface area (Å²) < 4.78 is 5.38. The third-order valence-corrected chi connectivity index (χ3v) is 4.13. The normalized spacial score (nSPS) is 10.2. The maximum Gasteiger partial charge on any atom is 0.255 e. The van der Waals surface area contributed by atoms with Crippen molar-refractivity contribution in [2.24, 2.45) is 0 Å². The molecule has 0 spiro atoms. The molecule has 0 heterocycles.